The van der Waals surface area contributed by atoms with Crippen LogP contribution in [0.25, 0.3) is 0 Å². The van der Waals surface area contributed by atoms with Crippen LogP contribution in [0.15, 0.2) is 18.2 Å². The number of piperidine rings is 1. The Hall–Kier alpha value is -3.23. The Morgan fingerprint density at radius 3 is 2.56 bits per heavy atom. The van der Waals surface area contributed by atoms with Gasteiger partial charge in [0.15, 0.2) is 0 Å². The number of carbonyl (C=O) groups excluding carboxylic acids is 5. The second-order valence-corrected chi connectivity index (χ2v) is 9.46. The van der Waals surface area contributed by atoms with Crippen LogP contribution in [-0.2, 0) is 25.7 Å². The third-order valence-corrected chi connectivity index (χ3v) is 5.96. The van der Waals surface area contributed by atoms with Gasteiger partial charge in [-0.25, -0.2) is 4.79 Å². The van der Waals surface area contributed by atoms with Gasteiger partial charge in [-0.3, -0.25) is 24.5 Å². The molecule has 9 nitrogen and oxygen atoms in total. The fraction of sp³-hybridized carbons (Fsp3) is 0.522. The van der Waals surface area contributed by atoms with E-state index in [2.05, 4.69) is 5.32 Å². The fourth-order valence-electron chi connectivity index (χ4n) is 4.50. The van der Waals surface area contributed by atoms with Gasteiger partial charge in [-0.2, -0.15) is 0 Å². The maximum atomic E-state index is 13.2. The zero-order chi connectivity index (χ0) is 23.2. The normalized spacial score (nSPS) is 23.3. The first-order valence-corrected chi connectivity index (χ1v) is 10.9. The third kappa shape index (κ3) is 4.11. The minimum Gasteiger partial charge on any atom is -0.458 e. The van der Waals surface area contributed by atoms with Crippen molar-refractivity contribution in [1.82, 2.24) is 15.1 Å². The number of nitrogens with zero attached hydrogens (tertiary/aromatic N) is 2. The minimum atomic E-state index is -0.707. The van der Waals surface area contributed by atoms with Gasteiger partial charge >= 0.3 is 5.97 Å². The highest BCUT2D eigenvalue weighted by molar-refractivity contribution is 6.06. The van der Waals surface area contributed by atoms with Gasteiger partial charge in [0.25, 0.3) is 11.8 Å². The summed E-state index contributed by atoms with van der Waals surface area (Å²) in [6.07, 6.45) is 1.72. The minimum absolute atomic E-state index is 0.182. The molecular formula is C23H27N3O6. The number of imide groups is 1. The number of hydrogen-bond donors (Lipinski definition) is 1. The summed E-state index contributed by atoms with van der Waals surface area (Å²) in [6, 6.07) is 3.50. The van der Waals surface area contributed by atoms with Crippen LogP contribution in [0.4, 0.5) is 0 Å². The topological polar surface area (TPSA) is 113 Å². The first kappa shape index (κ1) is 22.0. The molecule has 4 rings (SSSR count). The molecule has 3 aliphatic rings. The van der Waals surface area contributed by atoms with Gasteiger partial charge in [-0.05, 0) is 63.8 Å². The highest BCUT2D eigenvalue weighted by Crippen LogP contribution is 2.30. The predicted molar refractivity (Wildman–Crippen MR) is 112 cm³/mol. The number of fused-ring (bicyclic) bond motifs is 1. The number of nitrogens with one attached hydrogen (secondary N) is 1. The highest BCUT2D eigenvalue weighted by atomic mass is 16.6. The zero-order valence-electron chi connectivity index (χ0n) is 18.5. The summed E-state index contributed by atoms with van der Waals surface area (Å²) in [6.45, 7) is 6.02. The molecule has 3 heterocycles. The Morgan fingerprint density at radius 1 is 1.12 bits per heavy atom. The number of benzene rings is 1. The Balaban J connectivity index is 1.51. The lowest BCUT2D eigenvalue weighted by atomic mass is 10.0. The van der Waals surface area contributed by atoms with E-state index >= 15 is 0 Å². The number of ether oxygens (including phenoxy) is 1. The molecular weight excluding hydrogens is 414 g/mol. The van der Waals surface area contributed by atoms with E-state index in [1.807, 2.05) is 0 Å². The van der Waals surface area contributed by atoms with Crippen LogP contribution in [0, 0.1) is 0 Å². The third-order valence-electron chi connectivity index (χ3n) is 5.96. The number of likely N-dealkylation sites (tertiary alicyclic amines) is 1. The van der Waals surface area contributed by atoms with Crippen molar-refractivity contribution in [3.05, 3.63) is 34.9 Å². The summed E-state index contributed by atoms with van der Waals surface area (Å²) in [5.74, 6) is -1.80. The molecule has 170 valence electrons. The van der Waals surface area contributed by atoms with Gasteiger partial charge in [0.1, 0.15) is 17.7 Å². The molecule has 9 heteroatoms. The lowest BCUT2D eigenvalue weighted by Gasteiger charge is -2.29. The van der Waals surface area contributed by atoms with Gasteiger partial charge in [-0.1, -0.05) is 0 Å². The summed E-state index contributed by atoms with van der Waals surface area (Å²) < 4.78 is 5.48. The number of amides is 4. The number of esters is 1. The van der Waals surface area contributed by atoms with E-state index in [4.69, 9.17) is 4.74 Å². The van der Waals surface area contributed by atoms with E-state index in [0.717, 1.165) is 0 Å². The molecule has 0 aromatic heterocycles. The first-order valence-electron chi connectivity index (χ1n) is 10.9. The van der Waals surface area contributed by atoms with Gasteiger partial charge in [0.05, 0.1) is 0 Å². The van der Waals surface area contributed by atoms with Crippen LogP contribution in [0.1, 0.15) is 72.7 Å². The van der Waals surface area contributed by atoms with Crippen LogP contribution < -0.4 is 5.32 Å². The molecule has 0 saturated carbocycles. The van der Waals surface area contributed by atoms with Crippen molar-refractivity contribution < 1.29 is 28.7 Å². The number of carbonyl (C=O) groups is 5. The summed E-state index contributed by atoms with van der Waals surface area (Å²) in [4.78, 5) is 65.2. The van der Waals surface area contributed by atoms with E-state index in [0.29, 0.717) is 36.1 Å². The average Bonchev–Trinajstić information content (AvgIpc) is 3.31. The van der Waals surface area contributed by atoms with E-state index < -0.39 is 29.6 Å². The van der Waals surface area contributed by atoms with E-state index in [1.165, 1.54) is 9.80 Å². The molecule has 0 aliphatic carbocycles. The Kier molecular flexibility index (Phi) is 5.52. The molecule has 2 saturated heterocycles. The van der Waals surface area contributed by atoms with Crippen LogP contribution in [0.3, 0.4) is 0 Å². The number of hydrogen-bond acceptors (Lipinski definition) is 6. The van der Waals surface area contributed by atoms with E-state index in [1.54, 1.807) is 39.0 Å². The second kappa shape index (κ2) is 8.03. The fourth-order valence-corrected chi connectivity index (χ4v) is 4.50. The maximum absolute atomic E-state index is 13.2. The molecule has 32 heavy (non-hydrogen) atoms. The van der Waals surface area contributed by atoms with Gasteiger partial charge < -0.3 is 14.5 Å². The predicted octanol–water partition coefficient (Wildman–Crippen LogP) is 1.39. The monoisotopic (exact) mass is 441 g/mol. The Bertz CT molecular complexity index is 1010. The van der Waals surface area contributed by atoms with E-state index in [9.17, 15) is 24.0 Å². The molecule has 4 amide bonds. The molecule has 0 radical (unpaired) electrons. The van der Waals surface area contributed by atoms with Crippen molar-refractivity contribution in [2.45, 2.75) is 70.7 Å². The number of rotatable bonds is 3. The average molecular weight is 441 g/mol. The SMILES string of the molecule is CC(C)(C)OC(=O)[C@H]1CCCN1C(=O)c1ccc2c(c1)CN(C1CCC(=O)NC1=O)C2=O. The molecule has 1 N–H and O–H groups in total. The lowest BCUT2D eigenvalue weighted by Crippen LogP contribution is -2.52. The van der Waals surface area contributed by atoms with Gasteiger partial charge in [0.2, 0.25) is 11.8 Å². The molecule has 2 fully saturated rings. The molecule has 1 aromatic carbocycles. The zero-order valence-corrected chi connectivity index (χ0v) is 18.5. The molecule has 2 atom stereocenters. The molecule has 1 unspecified atom stereocenters. The van der Waals surface area contributed by atoms with Crippen molar-refractivity contribution in [3.8, 4) is 0 Å². The first-order chi connectivity index (χ1) is 15.0. The summed E-state index contributed by atoms with van der Waals surface area (Å²) >= 11 is 0. The Morgan fingerprint density at radius 2 is 1.88 bits per heavy atom. The maximum Gasteiger partial charge on any atom is 0.329 e. The van der Waals surface area contributed by atoms with Crippen molar-refractivity contribution >= 4 is 29.6 Å². The largest absolute Gasteiger partial charge is 0.458 e. The summed E-state index contributed by atoms with van der Waals surface area (Å²) in [5.41, 5.74) is 0.842. The second-order valence-electron chi connectivity index (χ2n) is 9.46. The summed E-state index contributed by atoms with van der Waals surface area (Å²) in [7, 11) is 0. The molecule has 3 aliphatic heterocycles. The van der Waals surface area contributed by atoms with Crippen LogP contribution in [-0.4, -0.2) is 63.6 Å². The van der Waals surface area contributed by atoms with Crippen molar-refractivity contribution in [2.75, 3.05) is 6.54 Å². The Labute approximate surface area is 186 Å². The van der Waals surface area contributed by atoms with Crippen LogP contribution >= 0.6 is 0 Å². The summed E-state index contributed by atoms with van der Waals surface area (Å²) in [5, 5.41) is 2.28. The molecule has 1 aromatic rings. The smallest absolute Gasteiger partial charge is 0.329 e. The van der Waals surface area contributed by atoms with Gasteiger partial charge in [-0.15, -0.1) is 0 Å². The van der Waals surface area contributed by atoms with Crippen molar-refractivity contribution in [2.24, 2.45) is 0 Å². The standard InChI is InChI=1S/C23H27N3O6/c1-23(2,3)32-22(31)17-5-4-10-25(17)20(29)13-6-7-15-14(11-13)12-26(21(15)30)16-8-9-18(27)24-19(16)28/h6-7,11,16-17H,4-5,8-10,12H2,1-3H3,(H,24,27,28)/t16?,17-/m1/s1. The van der Waals surface area contributed by atoms with Crippen LogP contribution in [0.5, 0.6) is 0 Å². The van der Waals surface area contributed by atoms with E-state index in [-0.39, 0.29) is 37.1 Å². The molecule has 0 bridgehead atoms. The van der Waals surface area contributed by atoms with Crippen LogP contribution in [0.2, 0.25) is 0 Å². The molecule has 0 spiro atoms. The van der Waals surface area contributed by atoms with Crippen molar-refractivity contribution in [1.29, 1.82) is 0 Å². The van der Waals surface area contributed by atoms with Crippen molar-refractivity contribution in [3.63, 3.8) is 0 Å². The highest BCUT2D eigenvalue weighted by Gasteiger charge is 2.40. The lowest BCUT2D eigenvalue weighted by molar-refractivity contribution is -0.159. The van der Waals surface area contributed by atoms with Gasteiger partial charge in [0, 0.05) is 30.6 Å². The quantitative estimate of drug-likeness (QED) is 0.560.